The molecule has 0 unspecified atom stereocenters. The van der Waals surface area contributed by atoms with Crippen molar-refractivity contribution in [2.24, 2.45) is 0 Å². The Morgan fingerprint density at radius 2 is 2.47 bits per heavy atom. The highest BCUT2D eigenvalue weighted by atomic mass is 16.5. The number of rotatable bonds is 7. The van der Waals surface area contributed by atoms with Crippen molar-refractivity contribution in [3.8, 4) is 0 Å². The zero-order valence-corrected chi connectivity index (χ0v) is 8.79. The van der Waals surface area contributed by atoms with Crippen LogP contribution in [0.25, 0.3) is 0 Å². The average molecular weight is 212 g/mol. The SMILES string of the molecule is COCCNCC(=O)NCc1ccco1. The quantitative estimate of drug-likeness (QED) is 0.631. The molecule has 0 bridgehead atoms. The molecule has 0 aliphatic carbocycles. The van der Waals surface area contributed by atoms with Crippen molar-refractivity contribution >= 4 is 5.91 Å². The molecule has 15 heavy (non-hydrogen) atoms. The largest absolute Gasteiger partial charge is 0.467 e. The second-order valence-electron chi connectivity index (χ2n) is 3.03. The molecular weight excluding hydrogens is 196 g/mol. The predicted molar refractivity (Wildman–Crippen MR) is 55.3 cm³/mol. The van der Waals surface area contributed by atoms with Crippen LogP contribution in [0.15, 0.2) is 22.8 Å². The molecule has 0 saturated heterocycles. The zero-order valence-electron chi connectivity index (χ0n) is 8.79. The van der Waals surface area contributed by atoms with E-state index in [9.17, 15) is 4.79 Å². The topological polar surface area (TPSA) is 63.5 Å². The smallest absolute Gasteiger partial charge is 0.234 e. The van der Waals surface area contributed by atoms with Gasteiger partial charge in [-0.15, -0.1) is 0 Å². The molecule has 2 N–H and O–H groups in total. The fourth-order valence-corrected chi connectivity index (χ4v) is 1.04. The molecule has 0 fully saturated rings. The van der Waals surface area contributed by atoms with E-state index < -0.39 is 0 Å². The lowest BCUT2D eigenvalue weighted by molar-refractivity contribution is -0.120. The summed E-state index contributed by atoms with van der Waals surface area (Å²) < 4.78 is 9.91. The molecule has 84 valence electrons. The van der Waals surface area contributed by atoms with Crippen molar-refractivity contribution in [1.82, 2.24) is 10.6 Å². The Morgan fingerprint density at radius 1 is 1.60 bits per heavy atom. The number of amides is 1. The Labute approximate surface area is 88.8 Å². The molecule has 5 heteroatoms. The monoisotopic (exact) mass is 212 g/mol. The number of ether oxygens (including phenoxy) is 1. The van der Waals surface area contributed by atoms with Gasteiger partial charge >= 0.3 is 0 Å². The van der Waals surface area contributed by atoms with Crippen molar-refractivity contribution < 1.29 is 13.9 Å². The van der Waals surface area contributed by atoms with Gasteiger partial charge in [-0.1, -0.05) is 0 Å². The third-order valence-electron chi connectivity index (χ3n) is 1.81. The van der Waals surface area contributed by atoms with Gasteiger partial charge in [-0.3, -0.25) is 4.79 Å². The lowest BCUT2D eigenvalue weighted by atomic mass is 10.4. The zero-order chi connectivity index (χ0) is 10.9. The summed E-state index contributed by atoms with van der Waals surface area (Å²) in [6.07, 6.45) is 1.58. The van der Waals surface area contributed by atoms with Crippen LogP contribution >= 0.6 is 0 Å². The Bertz CT molecular complexity index is 272. The normalized spacial score (nSPS) is 10.2. The van der Waals surface area contributed by atoms with Crippen LogP contribution in [-0.2, 0) is 16.1 Å². The molecule has 0 aliphatic rings. The van der Waals surface area contributed by atoms with Gasteiger partial charge in [0.05, 0.1) is 26.0 Å². The van der Waals surface area contributed by atoms with Gasteiger partial charge in [-0.05, 0) is 12.1 Å². The number of hydrogen-bond acceptors (Lipinski definition) is 4. The minimum Gasteiger partial charge on any atom is -0.467 e. The van der Waals surface area contributed by atoms with Crippen LogP contribution in [0.2, 0.25) is 0 Å². The first kappa shape index (κ1) is 11.7. The summed E-state index contributed by atoms with van der Waals surface area (Å²) in [5.74, 6) is 0.697. The first-order chi connectivity index (χ1) is 7.33. The molecule has 5 nitrogen and oxygen atoms in total. The number of carbonyl (C=O) groups is 1. The summed E-state index contributed by atoms with van der Waals surface area (Å²) in [7, 11) is 1.62. The van der Waals surface area contributed by atoms with Gasteiger partial charge in [0, 0.05) is 13.7 Å². The van der Waals surface area contributed by atoms with E-state index in [1.165, 1.54) is 0 Å². The first-order valence-electron chi connectivity index (χ1n) is 4.81. The van der Waals surface area contributed by atoms with E-state index in [0.717, 1.165) is 5.76 Å². The molecule has 1 amide bonds. The van der Waals surface area contributed by atoms with E-state index in [-0.39, 0.29) is 5.91 Å². The predicted octanol–water partition coefficient (Wildman–Crippen LogP) is 0.132. The summed E-state index contributed by atoms with van der Waals surface area (Å²) in [5, 5.41) is 5.67. The lowest BCUT2D eigenvalue weighted by Crippen LogP contribution is -2.34. The van der Waals surface area contributed by atoms with Crippen molar-refractivity contribution in [1.29, 1.82) is 0 Å². The van der Waals surface area contributed by atoms with E-state index in [0.29, 0.717) is 26.2 Å². The third-order valence-corrected chi connectivity index (χ3v) is 1.81. The van der Waals surface area contributed by atoms with Crippen LogP contribution < -0.4 is 10.6 Å². The minimum absolute atomic E-state index is 0.0532. The molecule has 0 aromatic carbocycles. The standard InChI is InChI=1S/C10H16N2O3/c1-14-6-4-11-8-10(13)12-7-9-3-2-5-15-9/h2-3,5,11H,4,6-8H2,1H3,(H,12,13). The fourth-order valence-electron chi connectivity index (χ4n) is 1.04. The van der Waals surface area contributed by atoms with Gasteiger partial charge in [0.25, 0.3) is 0 Å². The van der Waals surface area contributed by atoms with Crippen LogP contribution in [-0.4, -0.2) is 32.7 Å². The van der Waals surface area contributed by atoms with Crippen molar-refractivity contribution in [2.45, 2.75) is 6.54 Å². The minimum atomic E-state index is -0.0532. The van der Waals surface area contributed by atoms with Gasteiger partial charge in [0.1, 0.15) is 5.76 Å². The van der Waals surface area contributed by atoms with Crippen LogP contribution in [0.3, 0.4) is 0 Å². The molecule has 0 spiro atoms. The molecule has 0 aliphatic heterocycles. The highest BCUT2D eigenvalue weighted by molar-refractivity contribution is 5.77. The summed E-state index contributed by atoms with van der Waals surface area (Å²) >= 11 is 0. The molecule has 1 rings (SSSR count). The van der Waals surface area contributed by atoms with Gasteiger partial charge in [0.15, 0.2) is 0 Å². The van der Waals surface area contributed by atoms with E-state index in [1.54, 1.807) is 19.4 Å². The van der Waals surface area contributed by atoms with Crippen LogP contribution in [0.5, 0.6) is 0 Å². The molecule has 0 atom stereocenters. The third kappa shape index (κ3) is 5.19. The number of hydrogen-bond donors (Lipinski definition) is 2. The molecule has 0 saturated carbocycles. The maximum atomic E-state index is 11.2. The average Bonchev–Trinajstić information content (AvgIpc) is 2.74. The molecule has 1 heterocycles. The second kappa shape index (κ2) is 7.03. The lowest BCUT2D eigenvalue weighted by Gasteiger charge is -2.04. The van der Waals surface area contributed by atoms with Crippen molar-refractivity contribution in [2.75, 3.05) is 26.8 Å². The van der Waals surface area contributed by atoms with Gasteiger partial charge in [-0.2, -0.15) is 0 Å². The highest BCUT2D eigenvalue weighted by Gasteiger charge is 2.01. The number of nitrogens with one attached hydrogen (secondary N) is 2. The molecule has 1 aromatic heterocycles. The van der Waals surface area contributed by atoms with E-state index >= 15 is 0 Å². The highest BCUT2D eigenvalue weighted by Crippen LogP contribution is 1.97. The van der Waals surface area contributed by atoms with E-state index in [1.807, 2.05) is 6.07 Å². The van der Waals surface area contributed by atoms with Crippen LogP contribution in [0, 0.1) is 0 Å². The maximum Gasteiger partial charge on any atom is 0.234 e. The Balaban J connectivity index is 2.04. The van der Waals surface area contributed by atoms with E-state index in [4.69, 9.17) is 9.15 Å². The Kier molecular flexibility index (Phi) is 5.50. The molecular formula is C10H16N2O3. The maximum absolute atomic E-state index is 11.2. The van der Waals surface area contributed by atoms with Crippen LogP contribution in [0.4, 0.5) is 0 Å². The van der Waals surface area contributed by atoms with Crippen LogP contribution in [0.1, 0.15) is 5.76 Å². The summed E-state index contributed by atoms with van der Waals surface area (Å²) in [6, 6.07) is 3.61. The summed E-state index contributed by atoms with van der Waals surface area (Å²) in [5.41, 5.74) is 0. The van der Waals surface area contributed by atoms with Gasteiger partial charge < -0.3 is 19.8 Å². The number of furan rings is 1. The Morgan fingerprint density at radius 3 is 3.13 bits per heavy atom. The van der Waals surface area contributed by atoms with Crippen molar-refractivity contribution in [3.63, 3.8) is 0 Å². The van der Waals surface area contributed by atoms with E-state index in [2.05, 4.69) is 10.6 Å². The number of carbonyl (C=O) groups excluding carboxylic acids is 1. The van der Waals surface area contributed by atoms with Crippen molar-refractivity contribution in [3.05, 3.63) is 24.2 Å². The van der Waals surface area contributed by atoms with Gasteiger partial charge in [0.2, 0.25) is 5.91 Å². The summed E-state index contributed by atoms with van der Waals surface area (Å²) in [6.45, 7) is 2.00. The first-order valence-corrected chi connectivity index (χ1v) is 4.81. The summed E-state index contributed by atoms with van der Waals surface area (Å²) in [4.78, 5) is 11.2. The number of methoxy groups -OCH3 is 1. The fraction of sp³-hybridized carbons (Fsp3) is 0.500. The Hall–Kier alpha value is -1.33. The molecule has 1 aromatic rings. The van der Waals surface area contributed by atoms with Gasteiger partial charge in [-0.25, -0.2) is 0 Å². The second-order valence-corrected chi connectivity index (χ2v) is 3.03. The molecule has 0 radical (unpaired) electrons.